The Hall–Kier alpha value is -0.360. The first-order chi connectivity index (χ1) is 29.0. The van der Waals surface area contributed by atoms with Crippen LogP contribution in [0.1, 0.15) is 11.1 Å². The number of aryl methyl sites for hydroxylation is 2. The van der Waals surface area contributed by atoms with Crippen LogP contribution in [0.4, 0.5) is 28.4 Å². The van der Waals surface area contributed by atoms with E-state index in [0.29, 0.717) is 6.07 Å². The Morgan fingerprint density at radius 2 is 1.15 bits per heavy atom. The topological polar surface area (TPSA) is 398 Å². The summed E-state index contributed by atoms with van der Waals surface area (Å²) in [6.07, 6.45) is 0. The van der Waals surface area contributed by atoms with Crippen LogP contribution in [-0.2, 0) is 67.3 Å². The average Bonchev–Trinajstić information content (AvgIpc) is 3.18. The normalized spacial score (nSPS) is 12.1. The third-order valence-corrected chi connectivity index (χ3v) is 14.0. The second-order valence-corrected chi connectivity index (χ2v) is 19.7. The number of methoxy groups -OCH3 is 2. The summed E-state index contributed by atoms with van der Waals surface area (Å²) in [4.78, 5) is -1.98. The number of nitrogens with two attached hydrogens (primary N) is 1. The summed E-state index contributed by atoms with van der Waals surface area (Å²) < 4.78 is 150. The molecule has 26 nitrogen and oxygen atoms in total. The molecule has 0 unspecified atom stereocenters. The van der Waals surface area contributed by atoms with Gasteiger partial charge in [0.1, 0.15) is 44.4 Å². The molecule has 0 aliphatic carbocycles. The number of phenolic OH excluding ortho intramolecular Hbond substituents is 1. The van der Waals surface area contributed by atoms with E-state index in [1.807, 2.05) is 0 Å². The van der Waals surface area contributed by atoms with E-state index in [1.54, 1.807) is 0 Å². The fourth-order valence-corrected chi connectivity index (χ4v) is 9.96. The number of nitrogen functional groups attached to an aromatic ring is 1. The van der Waals surface area contributed by atoms with Gasteiger partial charge in [0.2, 0.25) is 10.4 Å². The third kappa shape index (κ3) is 17.4. The van der Waals surface area contributed by atoms with Gasteiger partial charge in [-0.1, -0.05) is 0 Å². The van der Waals surface area contributed by atoms with E-state index < -0.39 is 103 Å². The van der Waals surface area contributed by atoms with Crippen molar-refractivity contribution < 1.29 is 213 Å². The Morgan fingerprint density at radius 1 is 0.667 bits per heavy atom. The van der Waals surface area contributed by atoms with Crippen molar-refractivity contribution in [2.24, 2.45) is 20.5 Å². The van der Waals surface area contributed by atoms with E-state index in [2.05, 4.69) is 43.4 Å². The van der Waals surface area contributed by atoms with E-state index in [4.69, 9.17) is 19.4 Å². The summed E-state index contributed by atoms with van der Waals surface area (Å²) in [7, 11) is -16.6. The SMILES string of the molecule is COc1cc(S(=O)(=O)CCOS(=O)(=O)[O-])c(C)cc1N=Nc1cc(S(=O)(=O)[O-])c2cc(SOO[O-])c(N=Nc3cc(C)c(S(=O)(=O)CCOSOO[O-])cc3OC)c(O)c2c1N.[Na+].[Na+].[Na+].[Na+]. The number of benzene rings is 4. The number of ether oxygens (including phenoxy) is 2. The van der Waals surface area contributed by atoms with Crippen molar-refractivity contribution in [1.82, 2.24) is 0 Å². The number of azo groups is 2. The number of anilines is 1. The van der Waals surface area contributed by atoms with Crippen LogP contribution >= 0.6 is 24.4 Å². The molecule has 0 bridgehead atoms. The van der Waals surface area contributed by atoms with Crippen molar-refractivity contribution in [3.05, 3.63) is 47.5 Å². The zero-order valence-corrected chi connectivity index (χ0v) is 48.6. The van der Waals surface area contributed by atoms with Crippen LogP contribution in [-0.4, -0.2) is 86.8 Å². The van der Waals surface area contributed by atoms with Gasteiger partial charge in [-0.2, -0.15) is 4.33 Å². The van der Waals surface area contributed by atoms with Gasteiger partial charge in [-0.15, -0.1) is 24.8 Å². The van der Waals surface area contributed by atoms with Crippen LogP contribution < -0.4 is 144 Å². The van der Waals surface area contributed by atoms with E-state index >= 15 is 0 Å². The minimum absolute atomic E-state index is 0. The van der Waals surface area contributed by atoms with Crippen LogP contribution in [0.15, 0.2) is 76.4 Å². The maximum atomic E-state index is 13.0. The van der Waals surface area contributed by atoms with E-state index in [1.165, 1.54) is 27.0 Å². The number of hydrogen-bond donors (Lipinski definition) is 2. The molecular weight excluding hydrogens is 1050 g/mol. The molecule has 0 fully saturated rings. The van der Waals surface area contributed by atoms with Gasteiger partial charge < -0.3 is 39.9 Å². The molecule has 0 saturated carbocycles. The first kappa shape index (κ1) is 65.6. The van der Waals surface area contributed by atoms with Gasteiger partial charge in [-0.05, 0) is 49.2 Å². The van der Waals surface area contributed by atoms with E-state index in [-0.39, 0.29) is 191 Å². The molecule has 0 spiro atoms. The summed E-state index contributed by atoms with van der Waals surface area (Å²) >= 11 is 0.214. The first-order valence-electron chi connectivity index (χ1n) is 16.2. The molecule has 0 aliphatic heterocycles. The fraction of sp³-hybridized carbons (Fsp3) is 0.267. The molecule has 340 valence electrons. The third-order valence-electron chi connectivity index (χ3n) is 8.00. The quantitative estimate of drug-likeness (QED) is 0.00849. The number of fused-ring (bicyclic) bond motifs is 1. The van der Waals surface area contributed by atoms with E-state index in [0.717, 1.165) is 31.4 Å². The predicted molar refractivity (Wildman–Crippen MR) is 205 cm³/mol. The number of nitrogens with zero attached hydrogens (tertiary/aromatic N) is 4. The van der Waals surface area contributed by atoms with Crippen LogP contribution in [0.3, 0.4) is 0 Å². The van der Waals surface area contributed by atoms with Crippen molar-refractivity contribution in [2.75, 3.05) is 44.7 Å². The molecule has 0 atom stereocenters. The summed E-state index contributed by atoms with van der Waals surface area (Å²) in [6, 6.07) is 6.15. The Morgan fingerprint density at radius 3 is 1.62 bits per heavy atom. The maximum Gasteiger partial charge on any atom is 1.00 e. The molecule has 0 aromatic heterocycles. The molecule has 0 saturated heterocycles. The minimum Gasteiger partial charge on any atom is -0.744 e. The van der Waals surface area contributed by atoms with Crippen molar-refractivity contribution in [3.63, 3.8) is 0 Å². The first-order valence-corrected chi connectivity index (χ1v) is 23.7. The van der Waals surface area contributed by atoms with Crippen LogP contribution in [0.5, 0.6) is 17.2 Å². The molecule has 0 radical (unpaired) electrons. The van der Waals surface area contributed by atoms with Gasteiger partial charge in [-0.25, -0.2) is 33.7 Å². The summed E-state index contributed by atoms with van der Waals surface area (Å²) in [5.74, 6) is -2.85. The molecule has 66 heavy (non-hydrogen) atoms. The molecule has 3 N–H and O–H groups in total. The zero-order valence-electron chi connectivity index (χ0n) is 35.7. The summed E-state index contributed by atoms with van der Waals surface area (Å²) in [6.45, 7) is 1.32. The van der Waals surface area contributed by atoms with Gasteiger partial charge in [0.05, 0.1) is 81.6 Å². The maximum absolute atomic E-state index is 13.0. The molecule has 36 heteroatoms. The van der Waals surface area contributed by atoms with Gasteiger partial charge in [0.15, 0.2) is 37.7 Å². The van der Waals surface area contributed by atoms with Crippen LogP contribution in [0.25, 0.3) is 10.8 Å². The average molecular weight is 1080 g/mol. The molecular formula is C30H29N5Na4O21S6. The summed E-state index contributed by atoms with van der Waals surface area (Å²) in [5.41, 5.74) is 4.59. The molecule has 4 aromatic carbocycles. The van der Waals surface area contributed by atoms with Gasteiger partial charge in [0, 0.05) is 17.5 Å². The number of hydrogen-bond acceptors (Lipinski definition) is 28. The number of sulfone groups is 2. The molecule has 0 heterocycles. The number of aromatic hydroxyl groups is 1. The molecule has 0 amide bonds. The number of rotatable bonds is 22. The largest absolute Gasteiger partial charge is 1.00 e. The Labute approximate surface area is 474 Å². The van der Waals surface area contributed by atoms with Gasteiger partial charge in [-0.3, -0.25) is 18.4 Å². The molecule has 4 aromatic rings. The van der Waals surface area contributed by atoms with E-state index in [9.17, 15) is 58.4 Å². The fourth-order valence-electron chi connectivity index (χ4n) is 5.36. The molecule has 4 rings (SSSR count). The van der Waals surface area contributed by atoms with Gasteiger partial charge in [0.25, 0.3) is 0 Å². The Balaban J connectivity index is 0.0000106. The van der Waals surface area contributed by atoms with Crippen LogP contribution in [0.2, 0.25) is 0 Å². The van der Waals surface area contributed by atoms with Gasteiger partial charge >= 0.3 is 118 Å². The Bertz CT molecular complexity index is 2860. The zero-order chi connectivity index (χ0) is 46.2. The van der Waals surface area contributed by atoms with Crippen molar-refractivity contribution >= 4 is 104 Å². The standard InChI is InChI=1S/C30H33N5O21S6.4Na/c1-15-9-18(21(49-3)13-25(15)60(41,42)8-6-52-62(46,47)48)32-34-20-12-26(61(43,44)45)17-11-23(57-55-53-37)29(30(36)27(17)28(20)31)35-33-19-10-16(2)24(14-22(19)50-4)59(39,40)7-5-51-58-56-54-38;;;;/h9-14,36-38H,5-8,31H2,1-4H3,(H,43,44,45)(H,46,47,48);;;;/q;4*+1/p-4. The second-order valence-electron chi connectivity index (χ2n) is 11.8. The van der Waals surface area contributed by atoms with Crippen molar-refractivity contribution in [1.29, 1.82) is 0 Å². The van der Waals surface area contributed by atoms with Crippen LogP contribution in [0, 0.1) is 13.8 Å². The Kier molecular flexibility index (Phi) is 28.5. The number of phenols is 1. The summed E-state index contributed by atoms with van der Waals surface area (Å²) in [5, 5.41) is 53.6. The molecule has 0 aliphatic rings. The smallest absolute Gasteiger partial charge is 0.744 e. The second kappa shape index (κ2) is 28.6. The van der Waals surface area contributed by atoms with Crippen molar-refractivity contribution in [2.45, 2.75) is 33.4 Å². The van der Waals surface area contributed by atoms with Crippen molar-refractivity contribution in [3.8, 4) is 17.2 Å². The minimum atomic E-state index is -5.45. The monoisotopic (exact) mass is 1080 g/mol. The predicted octanol–water partition coefficient (Wildman–Crippen LogP) is -9.43.